The number of amides is 1. The van der Waals surface area contributed by atoms with Gasteiger partial charge in [0.1, 0.15) is 0 Å². The smallest absolute Gasteiger partial charge is 0.251 e. The zero-order chi connectivity index (χ0) is 11.5. The van der Waals surface area contributed by atoms with Gasteiger partial charge in [0, 0.05) is 15.2 Å². The Kier molecular flexibility index (Phi) is 3.84. The molecule has 1 aromatic carbocycles. The lowest BCUT2D eigenvalue weighted by Gasteiger charge is -2.13. The molecular formula is C13H16INO. The number of hydrogen-bond donors (Lipinski definition) is 1. The lowest BCUT2D eigenvalue weighted by atomic mass is 10.1. The monoisotopic (exact) mass is 329 g/mol. The third-order valence-electron chi connectivity index (χ3n) is 2.87. The summed E-state index contributed by atoms with van der Waals surface area (Å²) in [5, 5.41) is 3.05. The molecule has 1 saturated carbocycles. The standard InChI is InChI=1S/C13H16INO/c1-9(8-10-2-3-10)15-13(16)11-4-6-12(14)7-5-11/h4-7,9-10H,2-3,8H2,1H3,(H,15,16). The van der Waals surface area contributed by atoms with Gasteiger partial charge in [-0.3, -0.25) is 4.79 Å². The highest BCUT2D eigenvalue weighted by Crippen LogP contribution is 2.33. The van der Waals surface area contributed by atoms with E-state index >= 15 is 0 Å². The van der Waals surface area contributed by atoms with Crippen LogP contribution in [0.2, 0.25) is 0 Å². The van der Waals surface area contributed by atoms with Gasteiger partial charge in [-0.2, -0.15) is 0 Å². The molecule has 1 aliphatic carbocycles. The van der Waals surface area contributed by atoms with E-state index in [0.29, 0.717) is 6.04 Å². The van der Waals surface area contributed by atoms with Gasteiger partial charge in [0.2, 0.25) is 0 Å². The summed E-state index contributed by atoms with van der Waals surface area (Å²) >= 11 is 2.24. The van der Waals surface area contributed by atoms with Crippen molar-refractivity contribution in [1.82, 2.24) is 5.32 Å². The first-order valence-electron chi connectivity index (χ1n) is 5.71. The van der Waals surface area contributed by atoms with Crippen LogP contribution in [0.5, 0.6) is 0 Å². The number of carbonyl (C=O) groups excluding carboxylic acids is 1. The fourth-order valence-electron chi connectivity index (χ4n) is 1.82. The van der Waals surface area contributed by atoms with Gasteiger partial charge in [0.15, 0.2) is 0 Å². The molecule has 0 radical (unpaired) electrons. The van der Waals surface area contributed by atoms with Gasteiger partial charge in [-0.1, -0.05) is 12.8 Å². The molecule has 0 aliphatic heterocycles. The van der Waals surface area contributed by atoms with Crippen molar-refractivity contribution in [3.63, 3.8) is 0 Å². The van der Waals surface area contributed by atoms with Crippen molar-refractivity contribution < 1.29 is 4.79 Å². The molecule has 2 rings (SSSR count). The minimum Gasteiger partial charge on any atom is -0.350 e. The van der Waals surface area contributed by atoms with Crippen LogP contribution in [0.4, 0.5) is 0 Å². The van der Waals surface area contributed by atoms with Gasteiger partial charge in [-0.15, -0.1) is 0 Å². The Morgan fingerprint density at radius 1 is 1.44 bits per heavy atom. The van der Waals surface area contributed by atoms with Crippen molar-refractivity contribution in [1.29, 1.82) is 0 Å². The Bertz CT molecular complexity index is 370. The summed E-state index contributed by atoms with van der Waals surface area (Å²) in [7, 11) is 0. The fraction of sp³-hybridized carbons (Fsp3) is 0.462. The topological polar surface area (TPSA) is 29.1 Å². The second-order valence-corrected chi connectivity index (χ2v) is 5.81. The summed E-state index contributed by atoms with van der Waals surface area (Å²) < 4.78 is 1.15. The van der Waals surface area contributed by atoms with Crippen LogP contribution in [0.1, 0.15) is 36.5 Å². The molecule has 0 bridgehead atoms. The van der Waals surface area contributed by atoms with Gasteiger partial charge in [-0.25, -0.2) is 0 Å². The highest BCUT2D eigenvalue weighted by atomic mass is 127. The SMILES string of the molecule is CC(CC1CC1)NC(=O)c1ccc(I)cc1. The molecule has 0 aromatic heterocycles. The van der Waals surface area contributed by atoms with Crippen molar-refractivity contribution in [2.45, 2.75) is 32.2 Å². The minimum absolute atomic E-state index is 0.0459. The van der Waals surface area contributed by atoms with Crippen molar-refractivity contribution in [3.05, 3.63) is 33.4 Å². The summed E-state index contributed by atoms with van der Waals surface area (Å²) in [6, 6.07) is 7.96. The van der Waals surface area contributed by atoms with Crippen LogP contribution in [0, 0.1) is 9.49 Å². The highest BCUT2D eigenvalue weighted by molar-refractivity contribution is 14.1. The third-order valence-corrected chi connectivity index (χ3v) is 3.59. The predicted octanol–water partition coefficient (Wildman–Crippen LogP) is 3.21. The molecule has 0 spiro atoms. The summed E-state index contributed by atoms with van der Waals surface area (Å²) in [5.41, 5.74) is 0.753. The van der Waals surface area contributed by atoms with Crippen molar-refractivity contribution in [2.24, 2.45) is 5.92 Å². The summed E-state index contributed by atoms with van der Waals surface area (Å²) in [6.07, 6.45) is 3.80. The molecule has 1 amide bonds. The molecule has 86 valence electrons. The second-order valence-electron chi connectivity index (χ2n) is 4.56. The first-order valence-corrected chi connectivity index (χ1v) is 6.79. The van der Waals surface area contributed by atoms with E-state index in [-0.39, 0.29) is 5.91 Å². The van der Waals surface area contributed by atoms with Crippen LogP contribution >= 0.6 is 22.6 Å². The zero-order valence-corrected chi connectivity index (χ0v) is 11.5. The average Bonchev–Trinajstić information content (AvgIpc) is 3.02. The molecule has 1 aromatic rings. The number of hydrogen-bond acceptors (Lipinski definition) is 1. The molecule has 1 fully saturated rings. The van der Waals surface area contributed by atoms with Crippen LogP contribution < -0.4 is 5.32 Å². The van der Waals surface area contributed by atoms with E-state index in [0.717, 1.165) is 21.5 Å². The van der Waals surface area contributed by atoms with Crippen molar-refractivity contribution in [3.8, 4) is 0 Å². The summed E-state index contributed by atoms with van der Waals surface area (Å²) in [6.45, 7) is 2.09. The lowest BCUT2D eigenvalue weighted by Crippen LogP contribution is -2.32. The number of halogens is 1. The lowest BCUT2D eigenvalue weighted by molar-refractivity contribution is 0.0937. The quantitative estimate of drug-likeness (QED) is 0.845. The van der Waals surface area contributed by atoms with Crippen LogP contribution in [0.15, 0.2) is 24.3 Å². The summed E-state index contributed by atoms with van der Waals surface area (Å²) in [4.78, 5) is 11.9. The van der Waals surface area contributed by atoms with E-state index in [9.17, 15) is 4.79 Å². The highest BCUT2D eigenvalue weighted by Gasteiger charge is 2.24. The molecule has 16 heavy (non-hydrogen) atoms. The van der Waals surface area contributed by atoms with Crippen molar-refractivity contribution in [2.75, 3.05) is 0 Å². The Morgan fingerprint density at radius 2 is 2.06 bits per heavy atom. The Balaban J connectivity index is 1.88. The van der Waals surface area contributed by atoms with Crippen LogP contribution in [-0.2, 0) is 0 Å². The van der Waals surface area contributed by atoms with Gasteiger partial charge >= 0.3 is 0 Å². The number of rotatable bonds is 4. The molecule has 1 N–H and O–H groups in total. The molecule has 1 atom stereocenters. The van der Waals surface area contributed by atoms with E-state index in [1.165, 1.54) is 12.8 Å². The van der Waals surface area contributed by atoms with Gasteiger partial charge in [0.25, 0.3) is 5.91 Å². The van der Waals surface area contributed by atoms with E-state index in [2.05, 4.69) is 34.8 Å². The molecular weight excluding hydrogens is 313 g/mol. The van der Waals surface area contributed by atoms with Crippen LogP contribution in [0.25, 0.3) is 0 Å². The zero-order valence-electron chi connectivity index (χ0n) is 9.37. The van der Waals surface area contributed by atoms with Gasteiger partial charge < -0.3 is 5.32 Å². The molecule has 1 aliphatic rings. The molecule has 1 unspecified atom stereocenters. The number of nitrogens with one attached hydrogen (secondary N) is 1. The predicted molar refractivity (Wildman–Crippen MR) is 73.4 cm³/mol. The van der Waals surface area contributed by atoms with Gasteiger partial charge in [-0.05, 0) is 66.1 Å². The second kappa shape index (κ2) is 5.17. The van der Waals surface area contributed by atoms with Gasteiger partial charge in [0.05, 0.1) is 0 Å². The third kappa shape index (κ3) is 3.47. The van der Waals surface area contributed by atoms with Crippen LogP contribution in [0.3, 0.4) is 0 Å². The molecule has 3 heteroatoms. The Labute approximate surface area is 110 Å². The molecule has 0 heterocycles. The normalized spacial score (nSPS) is 16.9. The van der Waals surface area contributed by atoms with E-state index < -0.39 is 0 Å². The van der Waals surface area contributed by atoms with E-state index in [1.807, 2.05) is 24.3 Å². The largest absolute Gasteiger partial charge is 0.350 e. The number of benzene rings is 1. The maximum Gasteiger partial charge on any atom is 0.251 e. The van der Waals surface area contributed by atoms with Crippen LogP contribution in [-0.4, -0.2) is 11.9 Å². The average molecular weight is 329 g/mol. The Morgan fingerprint density at radius 3 is 2.62 bits per heavy atom. The molecule has 0 saturated heterocycles. The minimum atomic E-state index is 0.0459. The van der Waals surface area contributed by atoms with E-state index in [4.69, 9.17) is 0 Å². The summed E-state index contributed by atoms with van der Waals surface area (Å²) in [5.74, 6) is 0.900. The maximum atomic E-state index is 11.9. The number of carbonyl (C=O) groups is 1. The van der Waals surface area contributed by atoms with E-state index in [1.54, 1.807) is 0 Å². The Hall–Kier alpha value is -0.580. The first kappa shape index (κ1) is 11.9. The van der Waals surface area contributed by atoms with Crippen molar-refractivity contribution >= 4 is 28.5 Å². The first-order chi connectivity index (χ1) is 7.65. The maximum absolute atomic E-state index is 11.9. The molecule has 2 nitrogen and oxygen atoms in total. The fourth-order valence-corrected chi connectivity index (χ4v) is 2.18.